The number of rotatable bonds is 5. The summed E-state index contributed by atoms with van der Waals surface area (Å²) in [6, 6.07) is 5.50. The molecular weight excluding hydrogens is 166 g/mol. The molecule has 3 heteroatoms. The molecule has 0 amide bonds. The predicted octanol–water partition coefficient (Wildman–Crippen LogP) is 2.27. The first-order chi connectivity index (χ1) is 6.36. The Morgan fingerprint density at radius 3 is 2.77 bits per heavy atom. The molecule has 0 atom stereocenters. The van der Waals surface area contributed by atoms with Gasteiger partial charge in [-0.25, -0.2) is 0 Å². The lowest BCUT2D eigenvalue weighted by molar-refractivity contribution is 0.291. The van der Waals surface area contributed by atoms with Crippen LogP contribution >= 0.6 is 0 Å². The zero-order valence-electron chi connectivity index (χ0n) is 8.12. The normalized spacial score (nSPS) is 9.69. The van der Waals surface area contributed by atoms with Crippen molar-refractivity contribution in [3.05, 3.63) is 18.2 Å². The number of hydrogen-bond acceptors (Lipinski definition) is 3. The van der Waals surface area contributed by atoms with Gasteiger partial charge in [-0.1, -0.05) is 19.4 Å². The molecule has 0 unspecified atom stereocenters. The lowest BCUT2D eigenvalue weighted by atomic mass is 10.4. The summed E-state index contributed by atoms with van der Waals surface area (Å²) >= 11 is 0. The highest BCUT2D eigenvalue weighted by Crippen LogP contribution is 2.12. The molecule has 0 spiro atoms. The van der Waals surface area contributed by atoms with Crippen LogP contribution in [-0.4, -0.2) is 18.7 Å². The molecule has 0 fully saturated rings. The van der Waals surface area contributed by atoms with E-state index in [0.29, 0.717) is 11.8 Å². The summed E-state index contributed by atoms with van der Waals surface area (Å²) in [7, 11) is 1.60. The van der Waals surface area contributed by atoms with Crippen molar-refractivity contribution >= 4 is 0 Å². The molecule has 1 rings (SSSR count). The Morgan fingerprint density at radius 1 is 1.31 bits per heavy atom. The van der Waals surface area contributed by atoms with Gasteiger partial charge in [-0.2, -0.15) is 4.98 Å². The van der Waals surface area contributed by atoms with Crippen molar-refractivity contribution in [2.45, 2.75) is 19.8 Å². The van der Waals surface area contributed by atoms with Crippen LogP contribution in [-0.2, 0) is 0 Å². The number of pyridine rings is 1. The van der Waals surface area contributed by atoms with E-state index >= 15 is 0 Å². The SMILES string of the molecule is CCCCOc1cccc(OC)n1. The maximum absolute atomic E-state index is 5.40. The second-order valence-corrected chi connectivity index (χ2v) is 2.72. The van der Waals surface area contributed by atoms with Gasteiger partial charge in [0.1, 0.15) is 0 Å². The summed E-state index contributed by atoms with van der Waals surface area (Å²) in [4.78, 5) is 4.12. The Bertz CT molecular complexity index is 250. The van der Waals surface area contributed by atoms with E-state index in [4.69, 9.17) is 9.47 Å². The monoisotopic (exact) mass is 181 g/mol. The standard InChI is InChI=1S/C10H15NO2/c1-3-4-8-13-10-7-5-6-9(11-10)12-2/h5-7H,3-4,8H2,1-2H3. The van der Waals surface area contributed by atoms with Crippen LogP contribution in [0.4, 0.5) is 0 Å². The molecule has 0 radical (unpaired) electrons. The highest BCUT2D eigenvalue weighted by atomic mass is 16.5. The topological polar surface area (TPSA) is 31.4 Å². The molecule has 0 saturated carbocycles. The van der Waals surface area contributed by atoms with E-state index in [1.54, 1.807) is 13.2 Å². The predicted molar refractivity (Wildman–Crippen MR) is 51.2 cm³/mol. The maximum atomic E-state index is 5.40. The Balaban J connectivity index is 2.46. The molecule has 0 aliphatic carbocycles. The first kappa shape index (κ1) is 9.84. The summed E-state index contributed by atoms with van der Waals surface area (Å²) in [6.45, 7) is 2.85. The van der Waals surface area contributed by atoms with Crippen LogP contribution in [0.2, 0.25) is 0 Å². The zero-order valence-corrected chi connectivity index (χ0v) is 8.12. The maximum Gasteiger partial charge on any atom is 0.216 e. The van der Waals surface area contributed by atoms with Crippen LogP contribution < -0.4 is 9.47 Å². The molecular formula is C10H15NO2. The first-order valence-corrected chi connectivity index (χ1v) is 4.50. The summed E-state index contributed by atoms with van der Waals surface area (Å²) in [5.74, 6) is 1.22. The molecule has 3 nitrogen and oxygen atoms in total. The van der Waals surface area contributed by atoms with Gasteiger partial charge in [0.2, 0.25) is 11.8 Å². The van der Waals surface area contributed by atoms with Crippen molar-refractivity contribution in [1.82, 2.24) is 4.98 Å². The van der Waals surface area contributed by atoms with Gasteiger partial charge < -0.3 is 9.47 Å². The van der Waals surface area contributed by atoms with E-state index in [-0.39, 0.29) is 0 Å². The minimum Gasteiger partial charge on any atom is -0.481 e. The van der Waals surface area contributed by atoms with Crippen LogP contribution in [0, 0.1) is 0 Å². The number of nitrogens with zero attached hydrogens (tertiary/aromatic N) is 1. The lowest BCUT2D eigenvalue weighted by Gasteiger charge is -2.04. The Kier molecular flexibility index (Phi) is 4.09. The molecule has 13 heavy (non-hydrogen) atoms. The number of unbranched alkanes of at least 4 members (excludes halogenated alkanes) is 1. The fourth-order valence-corrected chi connectivity index (χ4v) is 0.911. The highest BCUT2D eigenvalue weighted by molar-refractivity contribution is 5.19. The Hall–Kier alpha value is -1.25. The molecule has 72 valence electrons. The largest absolute Gasteiger partial charge is 0.481 e. The first-order valence-electron chi connectivity index (χ1n) is 4.50. The van der Waals surface area contributed by atoms with Gasteiger partial charge in [0.15, 0.2) is 0 Å². The minimum absolute atomic E-state index is 0.592. The molecule has 0 bridgehead atoms. The molecule has 1 aromatic heterocycles. The third kappa shape index (κ3) is 3.32. The van der Waals surface area contributed by atoms with E-state index in [1.165, 1.54) is 0 Å². The van der Waals surface area contributed by atoms with Crippen molar-refractivity contribution in [3.63, 3.8) is 0 Å². The third-order valence-corrected chi connectivity index (χ3v) is 1.65. The quantitative estimate of drug-likeness (QED) is 0.653. The van der Waals surface area contributed by atoms with Gasteiger partial charge in [0.05, 0.1) is 13.7 Å². The van der Waals surface area contributed by atoms with Crippen LogP contribution in [0.1, 0.15) is 19.8 Å². The Morgan fingerprint density at radius 2 is 2.08 bits per heavy atom. The molecule has 0 aliphatic heterocycles. The van der Waals surface area contributed by atoms with Crippen LogP contribution in [0.15, 0.2) is 18.2 Å². The molecule has 0 saturated heterocycles. The van der Waals surface area contributed by atoms with Gasteiger partial charge in [0.25, 0.3) is 0 Å². The summed E-state index contributed by atoms with van der Waals surface area (Å²) < 4.78 is 10.4. The van der Waals surface area contributed by atoms with Gasteiger partial charge in [-0.3, -0.25) is 0 Å². The average Bonchev–Trinajstić information content (AvgIpc) is 2.19. The number of methoxy groups -OCH3 is 1. The summed E-state index contributed by atoms with van der Waals surface area (Å²) in [5, 5.41) is 0. The molecule has 1 heterocycles. The van der Waals surface area contributed by atoms with Gasteiger partial charge >= 0.3 is 0 Å². The van der Waals surface area contributed by atoms with E-state index in [0.717, 1.165) is 19.4 Å². The molecule has 0 aromatic carbocycles. The fraction of sp³-hybridized carbons (Fsp3) is 0.500. The summed E-state index contributed by atoms with van der Waals surface area (Å²) in [5.41, 5.74) is 0. The zero-order chi connectivity index (χ0) is 9.52. The van der Waals surface area contributed by atoms with Crippen LogP contribution in [0.5, 0.6) is 11.8 Å². The van der Waals surface area contributed by atoms with Crippen LogP contribution in [0.3, 0.4) is 0 Å². The second kappa shape index (κ2) is 5.41. The summed E-state index contributed by atoms with van der Waals surface area (Å²) in [6.07, 6.45) is 2.18. The number of ether oxygens (including phenoxy) is 2. The van der Waals surface area contributed by atoms with Gasteiger partial charge in [-0.05, 0) is 6.42 Å². The van der Waals surface area contributed by atoms with E-state index in [1.807, 2.05) is 12.1 Å². The van der Waals surface area contributed by atoms with Crippen molar-refractivity contribution < 1.29 is 9.47 Å². The molecule has 0 aliphatic rings. The minimum atomic E-state index is 0.592. The van der Waals surface area contributed by atoms with Crippen LogP contribution in [0.25, 0.3) is 0 Å². The number of aromatic nitrogens is 1. The van der Waals surface area contributed by atoms with Crippen molar-refractivity contribution in [2.75, 3.05) is 13.7 Å². The fourth-order valence-electron chi connectivity index (χ4n) is 0.911. The van der Waals surface area contributed by atoms with E-state index in [2.05, 4.69) is 11.9 Å². The van der Waals surface area contributed by atoms with E-state index in [9.17, 15) is 0 Å². The molecule has 1 aromatic rings. The lowest BCUT2D eigenvalue weighted by Crippen LogP contribution is -1.99. The van der Waals surface area contributed by atoms with E-state index < -0.39 is 0 Å². The van der Waals surface area contributed by atoms with Crippen molar-refractivity contribution in [3.8, 4) is 11.8 Å². The average molecular weight is 181 g/mol. The van der Waals surface area contributed by atoms with Gasteiger partial charge in [0, 0.05) is 12.1 Å². The Labute approximate surface area is 78.7 Å². The number of hydrogen-bond donors (Lipinski definition) is 0. The highest BCUT2D eigenvalue weighted by Gasteiger charge is 1.96. The molecule has 0 N–H and O–H groups in total. The third-order valence-electron chi connectivity index (χ3n) is 1.65. The van der Waals surface area contributed by atoms with Crippen molar-refractivity contribution in [1.29, 1.82) is 0 Å². The second-order valence-electron chi connectivity index (χ2n) is 2.72. The van der Waals surface area contributed by atoms with Crippen molar-refractivity contribution in [2.24, 2.45) is 0 Å². The van der Waals surface area contributed by atoms with Gasteiger partial charge in [-0.15, -0.1) is 0 Å². The smallest absolute Gasteiger partial charge is 0.216 e.